The Morgan fingerprint density at radius 1 is 1.00 bits per heavy atom. The first-order valence-electron chi connectivity index (χ1n) is 4.99. The fourth-order valence-electron chi connectivity index (χ4n) is 1.65. The largest absolute Gasteiger partial charge is 0.284 e. The minimum Gasteiger partial charge on any atom is -0.258 e. The second-order valence-electron chi connectivity index (χ2n) is 3.60. The zero-order chi connectivity index (χ0) is 13.3. The molecule has 1 aromatic heterocycles. The van der Waals surface area contributed by atoms with Crippen molar-refractivity contribution in [1.29, 1.82) is 0 Å². The summed E-state index contributed by atoms with van der Waals surface area (Å²) in [7, 11) is 0. The molecule has 0 aliphatic heterocycles. The lowest BCUT2D eigenvalue weighted by Crippen LogP contribution is -1.96. The Bertz CT molecular complexity index is 603. The van der Waals surface area contributed by atoms with Gasteiger partial charge in [-0.25, -0.2) is 0 Å². The molecule has 2 aromatic rings. The topological polar surface area (TPSA) is 86.3 Å². The summed E-state index contributed by atoms with van der Waals surface area (Å²) in [6, 6.07) is 7.31. The van der Waals surface area contributed by atoms with E-state index in [4.69, 9.17) is 0 Å². The van der Waals surface area contributed by atoms with E-state index in [-0.39, 0.29) is 16.9 Å². The van der Waals surface area contributed by atoms with E-state index < -0.39 is 9.85 Å². The molecule has 7 heteroatoms. The first-order valence-corrected chi connectivity index (χ1v) is 5.81. The standard InChI is InChI=1S/C11H8N2O4S/c1-7-5-6-10(18-7)11-8(12(14)15)3-2-4-9(11)13(16)17/h2-6H,1H3. The van der Waals surface area contributed by atoms with Crippen LogP contribution in [0.5, 0.6) is 0 Å². The lowest BCUT2D eigenvalue weighted by Gasteiger charge is -2.01. The number of rotatable bonds is 3. The molecule has 0 radical (unpaired) electrons. The molecule has 92 valence electrons. The highest BCUT2D eigenvalue weighted by atomic mass is 32.1. The lowest BCUT2D eigenvalue weighted by atomic mass is 10.1. The van der Waals surface area contributed by atoms with E-state index in [0.717, 1.165) is 4.88 Å². The van der Waals surface area contributed by atoms with Crippen LogP contribution in [0.4, 0.5) is 11.4 Å². The molecule has 0 unspecified atom stereocenters. The van der Waals surface area contributed by atoms with Gasteiger partial charge < -0.3 is 0 Å². The number of nitro groups is 2. The quantitative estimate of drug-likeness (QED) is 0.626. The minimum atomic E-state index is -0.600. The van der Waals surface area contributed by atoms with Gasteiger partial charge in [-0.2, -0.15) is 0 Å². The molecule has 0 N–H and O–H groups in total. The van der Waals surface area contributed by atoms with Crippen LogP contribution in [0, 0.1) is 27.2 Å². The van der Waals surface area contributed by atoms with Crippen molar-refractivity contribution in [3.63, 3.8) is 0 Å². The normalized spacial score (nSPS) is 10.3. The highest BCUT2D eigenvalue weighted by Crippen LogP contribution is 2.40. The molecule has 0 saturated heterocycles. The zero-order valence-electron chi connectivity index (χ0n) is 9.32. The van der Waals surface area contributed by atoms with Crippen LogP contribution in [0.2, 0.25) is 0 Å². The molecule has 0 bridgehead atoms. The highest BCUT2D eigenvalue weighted by Gasteiger charge is 2.26. The van der Waals surface area contributed by atoms with Crippen LogP contribution in [0.1, 0.15) is 4.88 Å². The van der Waals surface area contributed by atoms with E-state index in [9.17, 15) is 20.2 Å². The van der Waals surface area contributed by atoms with Crippen LogP contribution < -0.4 is 0 Å². The van der Waals surface area contributed by atoms with Gasteiger partial charge in [-0.1, -0.05) is 0 Å². The van der Waals surface area contributed by atoms with Crippen LogP contribution in [0.3, 0.4) is 0 Å². The van der Waals surface area contributed by atoms with Gasteiger partial charge in [-0.05, 0) is 25.1 Å². The summed E-state index contributed by atoms with van der Waals surface area (Å²) in [5, 5.41) is 21.9. The van der Waals surface area contributed by atoms with Gasteiger partial charge in [0.05, 0.1) is 9.85 Å². The first-order chi connectivity index (χ1) is 8.50. The second-order valence-corrected chi connectivity index (χ2v) is 4.88. The summed E-state index contributed by atoms with van der Waals surface area (Å²) in [4.78, 5) is 22.2. The Labute approximate surface area is 106 Å². The van der Waals surface area contributed by atoms with Gasteiger partial charge in [0.15, 0.2) is 0 Å². The molecule has 0 saturated carbocycles. The Morgan fingerprint density at radius 3 is 1.94 bits per heavy atom. The van der Waals surface area contributed by atoms with Gasteiger partial charge in [0.1, 0.15) is 5.56 Å². The van der Waals surface area contributed by atoms with Crippen LogP contribution in [-0.4, -0.2) is 9.85 Å². The first kappa shape index (κ1) is 12.2. The van der Waals surface area contributed by atoms with Crippen LogP contribution >= 0.6 is 11.3 Å². The van der Waals surface area contributed by atoms with Gasteiger partial charge in [0, 0.05) is 21.9 Å². The summed E-state index contributed by atoms with van der Waals surface area (Å²) in [5.41, 5.74) is -0.414. The SMILES string of the molecule is Cc1ccc(-c2c([N+](=O)[O-])cccc2[N+](=O)[O-])s1. The zero-order valence-corrected chi connectivity index (χ0v) is 10.1. The van der Waals surface area contributed by atoms with E-state index in [2.05, 4.69) is 0 Å². The van der Waals surface area contributed by atoms with Gasteiger partial charge in [0.2, 0.25) is 0 Å². The molecule has 6 nitrogen and oxygen atoms in total. The second kappa shape index (κ2) is 4.53. The van der Waals surface area contributed by atoms with Gasteiger partial charge in [-0.15, -0.1) is 11.3 Å². The van der Waals surface area contributed by atoms with E-state index in [1.54, 1.807) is 12.1 Å². The van der Waals surface area contributed by atoms with Crippen molar-refractivity contribution in [1.82, 2.24) is 0 Å². The Morgan fingerprint density at radius 2 is 1.56 bits per heavy atom. The Balaban J connectivity index is 2.76. The molecule has 0 amide bonds. The number of thiophene rings is 1. The molecule has 0 aliphatic carbocycles. The summed E-state index contributed by atoms with van der Waals surface area (Å²) in [6.45, 7) is 1.84. The van der Waals surface area contributed by atoms with Gasteiger partial charge in [-0.3, -0.25) is 20.2 Å². The van der Waals surface area contributed by atoms with E-state index in [1.165, 1.54) is 29.5 Å². The average molecular weight is 264 g/mol. The number of hydrogen-bond donors (Lipinski definition) is 0. The summed E-state index contributed by atoms with van der Waals surface area (Å²) < 4.78 is 0. The van der Waals surface area contributed by atoms with E-state index in [0.29, 0.717) is 4.88 Å². The van der Waals surface area contributed by atoms with E-state index >= 15 is 0 Å². The third-order valence-corrected chi connectivity index (χ3v) is 3.42. The fourth-order valence-corrected chi connectivity index (χ4v) is 2.58. The monoisotopic (exact) mass is 264 g/mol. The van der Waals surface area contributed by atoms with Crippen molar-refractivity contribution in [3.05, 3.63) is 55.4 Å². The predicted octanol–water partition coefficient (Wildman–Crippen LogP) is 3.54. The predicted molar refractivity (Wildman–Crippen MR) is 67.8 cm³/mol. The molecule has 1 heterocycles. The van der Waals surface area contributed by atoms with E-state index in [1.807, 2.05) is 6.92 Å². The maximum absolute atomic E-state index is 11.0. The molecule has 18 heavy (non-hydrogen) atoms. The van der Waals surface area contributed by atoms with Crippen LogP contribution in [0.25, 0.3) is 10.4 Å². The maximum atomic E-state index is 11.0. The average Bonchev–Trinajstić information content (AvgIpc) is 2.74. The Kier molecular flexibility index (Phi) is 3.07. The Hall–Kier alpha value is -2.28. The molecule has 0 atom stereocenters. The van der Waals surface area contributed by atoms with Crippen molar-refractivity contribution in [3.8, 4) is 10.4 Å². The van der Waals surface area contributed by atoms with Crippen molar-refractivity contribution in [2.45, 2.75) is 6.92 Å². The van der Waals surface area contributed by atoms with Crippen LogP contribution in [-0.2, 0) is 0 Å². The number of benzene rings is 1. The molecule has 0 spiro atoms. The summed E-state index contributed by atoms with van der Waals surface area (Å²) in [6.07, 6.45) is 0. The van der Waals surface area contributed by atoms with Crippen molar-refractivity contribution < 1.29 is 9.85 Å². The summed E-state index contributed by atoms with van der Waals surface area (Å²) in [5.74, 6) is 0. The number of nitro benzene ring substituents is 2. The molecular formula is C11H8N2O4S. The molecular weight excluding hydrogens is 256 g/mol. The summed E-state index contributed by atoms with van der Waals surface area (Å²) >= 11 is 1.30. The number of aryl methyl sites for hydroxylation is 1. The highest BCUT2D eigenvalue weighted by molar-refractivity contribution is 7.15. The van der Waals surface area contributed by atoms with Crippen molar-refractivity contribution >= 4 is 22.7 Å². The number of nitrogens with zero attached hydrogens (tertiary/aromatic N) is 2. The van der Waals surface area contributed by atoms with Crippen molar-refractivity contribution in [2.75, 3.05) is 0 Å². The fraction of sp³-hybridized carbons (Fsp3) is 0.0909. The molecule has 0 aliphatic rings. The van der Waals surface area contributed by atoms with Gasteiger partial charge in [0.25, 0.3) is 11.4 Å². The van der Waals surface area contributed by atoms with Gasteiger partial charge >= 0.3 is 0 Å². The third kappa shape index (κ3) is 2.07. The van der Waals surface area contributed by atoms with Crippen LogP contribution in [0.15, 0.2) is 30.3 Å². The molecule has 2 rings (SSSR count). The number of hydrogen-bond acceptors (Lipinski definition) is 5. The molecule has 1 aromatic carbocycles. The lowest BCUT2D eigenvalue weighted by molar-refractivity contribution is -0.392. The van der Waals surface area contributed by atoms with Crippen molar-refractivity contribution in [2.24, 2.45) is 0 Å². The smallest absolute Gasteiger partial charge is 0.258 e. The minimum absolute atomic E-state index is 0.0746. The third-order valence-electron chi connectivity index (χ3n) is 2.40. The molecule has 0 fully saturated rings. The maximum Gasteiger partial charge on any atom is 0.284 e.